The first-order chi connectivity index (χ1) is 5.43. The molecule has 0 radical (unpaired) electrons. The van der Waals surface area contributed by atoms with Gasteiger partial charge in [-0.15, -0.1) is 11.8 Å². The van der Waals surface area contributed by atoms with Gasteiger partial charge in [0, 0.05) is 5.25 Å². The standard InChI is InChI=1S/C10H18S/c1-2-3-4-5-7-10-8-6-9-11-10/h6,9-10H,2-5,7-8H2,1H3. The average Bonchev–Trinajstić information content (AvgIpc) is 2.50. The van der Waals surface area contributed by atoms with Gasteiger partial charge in [0.25, 0.3) is 0 Å². The van der Waals surface area contributed by atoms with Crippen LogP contribution in [0.5, 0.6) is 0 Å². The minimum absolute atomic E-state index is 0.923. The molecule has 1 aliphatic heterocycles. The molecule has 1 aliphatic rings. The Hall–Kier alpha value is 0.0900. The highest BCUT2D eigenvalue weighted by molar-refractivity contribution is 8.02. The molecule has 0 aromatic rings. The molecule has 0 saturated heterocycles. The van der Waals surface area contributed by atoms with E-state index in [9.17, 15) is 0 Å². The molecule has 0 fully saturated rings. The maximum Gasteiger partial charge on any atom is 0.0123 e. The van der Waals surface area contributed by atoms with E-state index < -0.39 is 0 Å². The van der Waals surface area contributed by atoms with Gasteiger partial charge in [-0.1, -0.05) is 38.7 Å². The van der Waals surface area contributed by atoms with Crippen LogP contribution < -0.4 is 0 Å². The third-order valence-corrected chi connectivity index (χ3v) is 3.31. The maximum absolute atomic E-state index is 2.30. The van der Waals surface area contributed by atoms with Crippen LogP contribution in [0, 0.1) is 0 Å². The molecule has 11 heavy (non-hydrogen) atoms. The van der Waals surface area contributed by atoms with Crippen LogP contribution in [0.25, 0.3) is 0 Å². The normalized spacial score (nSPS) is 22.8. The van der Waals surface area contributed by atoms with E-state index in [2.05, 4.69) is 18.4 Å². The van der Waals surface area contributed by atoms with Gasteiger partial charge in [-0.3, -0.25) is 0 Å². The fourth-order valence-corrected chi connectivity index (χ4v) is 2.38. The van der Waals surface area contributed by atoms with Crippen LogP contribution in [-0.4, -0.2) is 5.25 Å². The number of rotatable bonds is 5. The second-order valence-electron chi connectivity index (χ2n) is 3.21. The van der Waals surface area contributed by atoms with Crippen molar-refractivity contribution in [2.75, 3.05) is 0 Å². The summed E-state index contributed by atoms with van der Waals surface area (Å²) in [7, 11) is 0. The molecule has 0 aliphatic carbocycles. The molecule has 0 aromatic heterocycles. The highest BCUT2D eigenvalue weighted by atomic mass is 32.2. The van der Waals surface area contributed by atoms with E-state index in [4.69, 9.17) is 0 Å². The summed E-state index contributed by atoms with van der Waals surface area (Å²) >= 11 is 2.02. The van der Waals surface area contributed by atoms with Crippen molar-refractivity contribution >= 4 is 11.8 Å². The number of thioether (sulfide) groups is 1. The number of unbranched alkanes of at least 4 members (excludes halogenated alkanes) is 3. The molecule has 0 N–H and O–H groups in total. The summed E-state index contributed by atoms with van der Waals surface area (Å²) in [6.07, 6.45) is 10.7. The zero-order chi connectivity index (χ0) is 7.94. The molecule has 0 spiro atoms. The van der Waals surface area contributed by atoms with Crippen LogP contribution in [0.2, 0.25) is 0 Å². The lowest BCUT2D eigenvalue weighted by Crippen LogP contribution is -1.95. The van der Waals surface area contributed by atoms with Gasteiger partial charge in [0.15, 0.2) is 0 Å². The van der Waals surface area contributed by atoms with Gasteiger partial charge in [0.2, 0.25) is 0 Å². The molecule has 1 rings (SSSR count). The lowest BCUT2D eigenvalue weighted by atomic mass is 10.1. The smallest absolute Gasteiger partial charge is 0.0123 e. The predicted molar refractivity (Wildman–Crippen MR) is 53.9 cm³/mol. The van der Waals surface area contributed by atoms with E-state index in [1.807, 2.05) is 11.8 Å². The Labute approximate surface area is 74.5 Å². The SMILES string of the molecule is CCCCCCC1CC=CS1. The maximum atomic E-state index is 2.30. The lowest BCUT2D eigenvalue weighted by Gasteiger charge is -2.06. The van der Waals surface area contributed by atoms with Gasteiger partial charge in [-0.05, 0) is 18.2 Å². The largest absolute Gasteiger partial charge is 0.131 e. The highest BCUT2D eigenvalue weighted by Crippen LogP contribution is 2.28. The number of hydrogen-bond acceptors (Lipinski definition) is 1. The van der Waals surface area contributed by atoms with Crippen LogP contribution in [0.15, 0.2) is 11.5 Å². The zero-order valence-corrected chi connectivity index (χ0v) is 8.20. The monoisotopic (exact) mass is 170 g/mol. The Kier molecular flexibility index (Phi) is 4.76. The van der Waals surface area contributed by atoms with Crippen molar-refractivity contribution in [3.05, 3.63) is 11.5 Å². The summed E-state index contributed by atoms with van der Waals surface area (Å²) in [5, 5.41) is 3.18. The summed E-state index contributed by atoms with van der Waals surface area (Å²) in [4.78, 5) is 0. The molecule has 1 heterocycles. The van der Waals surface area contributed by atoms with Crippen molar-refractivity contribution in [2.24, 2.45) is 0 Å². The third-order valence-electron chi connectivity index (χ3n) is 2.15. The molecule has 0 nitrogen and oxygen atoms in total. The second kappa shape index (κ2) is 5.70. The molecule has 0 saturated carbocycles. The van der Waals surface area contributed by atoms with Crippen molar-refractivity contribution < 1.29 is 0 Å². The molecule has 1 heteroatoms. The van der Waals surface area contributed by atoms with E-state index in [0.717, 1.165) is 5.25 Å². The first-order valence-electron chi connectivity index (χ1n) is 4.74. The molecule has 0 amide bonds. The average molecular weight is 170 g/mol. The fourth-order valence-electron chi connectivity index (χ4n) is 1.41. The molecular weight excluding hydrogens is 152 g/mol. The van der Waals surface area contributed by atoms with Crippen LogP contribution in [0.3, 0.4) is 0 Å². The van der Waals surface area contributed by atoms with Gasteiger partial charge in [-0.2, -0.15) is 0 Å². The van der Waals surface area contributed by atoms with Gasteiger partial charge >= 0.3 is 0 Å². The summed E-state index contributed by atoms with van der Waals surface area (Å²) in [5.74, 6) is 0. The Morgan fingerprint density at radius 2 is 2.27 bits per heavy atom. The summed E-state index contributed by atoms with van der Waals surface area (Å²) in [6.45, 7) is 2.27. The van der Waals surface area contributed by atoms with Gasteiger partial charge < -0.3 is 0 Å². The summed E-state index contributed by atoms with van der Waals surface area (Å²) in [6, 6.07) is 0. The first kappa shape index (κ1) is 9.18. The third kappa shape index (κ3) is 3.85. The van der Waals surface area contributed by atoms with Gasteiger partial charge in [-0.25, -0.2) is 0 Å². The molecule has 1 unspecified atom stereocenters. The summed E-state index contributed by atoms with van der Waals surface area (Å²) < 4.78 is 0. The number of allylic oxidation sites excluding steroid dienone is 1. The van der Waals surface area contributed by atoms with Crippen molar-refractivity contribution in [3.63, 3.8) is 0 Å². The van der Waals surface area contributed by atoms with Crippen LogP contribution in [0.1, 0.15) is 45.4 Å². The summed E-state index contributed by atoms with van der Waals surface area (Å²) in [5.41, 5.74) is 0. The van der Waals surface area contributed by atoms with E-state index in [-0.39, 0.29) is 0 Å². The van der Waals surface area contributed by atoms with Crippen molar-refractivity contribution in [3.8, 4) is 0 Å². The van der Waals surface area contributed by atoms with Gasteiger partial charge in [0.1, 0.15) is 0 Å². The van der Waals surface area contributed by atoms with E-state index >= 15 is 0 Å². The van der Waals surface area contributed by atoms with Crippen LogP contribution in [0.4, 0.5) is 0 Å². The molecule has 1 atom stereocenters. The Balaban J connectivity index is 1.87. The van der Waals surface area contributed by atoms with Crippen molar-refractivity contribution in [1.29, 1.82) is 0 Å². The van der Waals surface area contributed by atoms with Crippen molar-refractivity contribution in [2.45, 2.75) is 50.7 Å². The van der Waals surface area contributed by atoms with E-state index in [1.165, 1.54) is 38.5 Å². The van der Waals surface area contributed by atoms with E-state index in [1.54, 1.807) is 0 Å². The fraction of sp³-hybridized carbons (Fsp3) is 0.800. The first-order valence-corrected chi connectivity index (χ1v) is 5.68. The van der Waals surface area contributed by atoms with Crippen molar-refractivity contribution in [1.82, 2.24) is 0 Å². The quantitative estimate of drug-likeness (QED) is 0.562. The van der Waals surface area contributed by atoms with Gasteiger partial charge in [0.05, 0.1) is 0 Å². The Morgan fingerprint density at radius 1 is 1.36 bits per heavy atom. The topological polar surface area (TPSA) is 0 Å². The highest BCUT2D eigenvalue weighted by Gasteiger charge is 2.09. The minimum atomic E-state index is 0.923. The molecule has 0 bridgehead atoms. The Morgan fingerprint density at radius 3 is 2.91 bits per heavy atom. The molecule has 64 valence electrons. The number of hydrogen-bond donors (Lipinski definition) is 0. The van der Waals surface area contributed by atoms with E-state index in [0.29, 0.717) is 0 Å². The molecular formula is C10H18S. The predicted octanol–water partition coefficient (Wildman–Crippen LogP) is 3.98. The Bertz CT molecular complexity index is 110. The minimum Gasteiger partial charge on any atom is -0.131 e. The molecule has 0 aromatic carbocycles. The second-order valence-corrected chi connectivity index (χ2v) is 4.43. The lowest BCUT2D eigenvalue weighted by molar-refractivity contribution is 0.621. The van der Waals surface area contributed by atoms with Crippen LogP contribution >= 0.6 is 11.8 Å². The van der Waals surface area contributed by atoms with Crippen LogP contribution in [-0.2, 0) is 0 Å². The zero-order valence-electron chi connectivity index (χ0n) is 7.38.